The van der Waals surface area contributed by atoms with Gasteiger partial charge in [0.25, 0.3) is 0 Å². The molecule has 0 fully saturated rings. The normalized spacial score (nSPS) is 10.4. The maximum atomic E-state index is 12.0. The van der Waals surface area contributed by atoms with E-state index in [2.05, 4.69) is 10.1 Å². The van der Waals surface area contributed by atoms with Crippen LogP contribution in [0.4, 0.5) is 0 Å². The number of aromatic nitrogens is 3. The van der Waals surface area contributed by atoms with Gasteiger partial charge in [-0.1, -0.05) is 6.07 Å². The maximum absolute atomic E-state index is 12.0. The highest BCUT2D eigenvalue weighted by Gasteiger charge is 2.11. The van der Waals surface area contributed by atoms with Crippen LogP contribution < -0.4 is 0 Å². The van der Waals surface area contributed by atoms with Gasteiger partial charge in [0.2, 0.25) is 0 Å². The Labute approximate surface area is 100 Å². The van der Waals surface area contributed by atoms with Crippen molar-refractivity contribution in [1.82, 2.24) is 14.8 Å². The summed E-state index contributed by atoms with van der Waals surface area (Å²) in [7, 11) is 0. The van der Waals surface area contributed by atoms with E-state index in [1.165, 1.54) is 0 Å². The van der Waals surface area contributed by atoms with Gasteiger partial charge in [-0.2, -0.15) is 5.10 Å². The van der Waals surface area contributed by atoms with Gasteiger partial charge in [0.05, 0.1) is 0 Å². The van der Waals surface area contributed by atoms with E-state index in [9.17, 15) is 4.79 Å². The lowest BCUT2D eigenvalue weighted by Crippen LogP contribution is -2.10. The van der Waals surface area contributed by atoms with Crippen LogP contribution in [0.25, 0.3) is 0 Å². The van der Waals surface area contributed by atoms with Crippen molar-refractivity contribution in [2.24, 2.45) is 0 Å². The zero-order valence-electron chi connectivity index (χ0n) is 9.84. The molecule has 0 aliphatic rings. The highest BCUT2D eigenvalue weighted by Crippen LogP contribution is 2.06. The van der Waals surface area contributed by atoms with Crippen molar-refractivity contribution in [3.05, 3.63) is 48.0 Å². The number of hydrogen-bond acceptors (Lipinski definition) is 3. The summed E-state index contributed by atoms with van der Waals surface area (Å²) in [6.45, 7) is 2.69. The Balaban J connectivity index is 1.98. The number of nitrogens with zero attached hydrogens (tertiary/aromatic N) is 3. The molecule has 0 radical (unpaired) electrons. The molecule has 0 unspecified atom stereocenters. The van der Waals surface area contributed by atoms with Crippen LogP contribution in [0.15, 0.2) is 36.7 Å². The molecule has 4 heteroatoms. The van der Waals surface area contributed by atoms with Gasteiger partial charge in [0.15, 0.2) is 5.78 Å². The summed E-state index contributed by atoms with van der Waals surface area (Å²) in [5, 5.41) is 4.09. The Kier molecular flexibility index (Phi) is 3.65. The van der Waals surface area contributed by atoms with Gasteiger partial charge in [-0.25, -0.2) is 0 Å². The zero-order valence-corrected chi connectivity index (χ0v) is 9.84. The molecule has 88 valence electrons. The molecule has 4 nitrogen and oxygen atoms in total. The number of carbonyl (C=O) groups excluding carboxylic acids is 1. The molecule has 2 aromatic heterocycles. The average Bonchev–Trinajstić information content (AvgIpc) is 2.85. The summed E-state index contributed by atoms with van der Waals surface area (Å²) in [6, 6.07) is 7.51. The molecule has 0 aromatic carbocycles. The van der Waals surface area contributed by atoms with Crippen LogP contribution in [0, 0.1) is 0 Å². The summed E-state index contributed by atoms with van der Waals surface area (Å²) < 4.78 is 1.72. The van der Waals surface area contributed by atoms with E-state index in [0.717, 1.165) is 12.2 Å². The van der Waals surface area contributed by atoms with Crippen molar-refractivity contribution < 1.29 is 4.79 Å². The van der Waals surface area contributed by atoms with Crippen molar-refractivity contribution in [1.29, 1.82) is 0 Å². The zero-order chi connectivity index (χ0) is 12.1. The van der Waals surface area contributed by atoms with Crippen molar-refractivity contribution in [2.45, 2.75) is 26.3 Å². The molecule has 0 saturated carbocycles. The van der Waals surface area contributed by atoms with Gasteiger partial charge in [0, 0.05) is 31.1 Å². The number of ketones is 1. The van der Waals surface area contributed by atoms with Crippen LogP contribution in [-0.4, -0.2) is 20.5 Å². The number of Topliss-reactive ketones (excluding diaryl/α,β-unsaturated/α-hetero) is 1. The van der Waals surface area contributed by atoms with Gasteiger partial charge in [-0.15, -0.1) is 0 Å². The molecule has 0 spiro atoms. The summed E-state index contributed by atoms with van der Waals surface area (Å²) >= 11 is 0. The quantitative estimate of drug-likeness (QED) is 0.738. The summed E-state index contributed by atoms with van der Waals surface area (Å²) in [5.74, 6) is 0.120. The van der Waals surface area contributed by atoms with Crippen LogP contribution in [0.3, 0.4) is 0 Å². The summed E-state index contributed by atoms with van der Waals surface area (Å²) in [6.07, 6.45) is 4.56. The first kappa shape index (κ1) is 11.5. The van der Waals surface area contributed by atoms with Crippen molar-refractivity contribution in [3.8, 4) is 0 Å². The van der Waals surface area contributed by atoms with Crippen LogP contribution >= 0.6 is 0 Å². The van der Waals surface area contributed by atoms with Gasteiger partial charge in [0.1, 0.15) is 5.69 Å². The second kappa shape index (κ2) is 5.39. The molecule has 0 atom stereocenters. The molecule has 0 N–H and O–H groups in total. The Morgan fingerprint density at radius 2 is 2.18 bits per heavy atom. The highest BCUT2D eigenvalue weighted by molar-refractivity contribution is 5.94. The third kappa shape index (κ3) is 2.78. The van der Waals surface area contributed by atoms with E-state index in [1.54, 1.807) is 23.1 Å². The van der Waals surface area contributed by atoms with E-state index >= 15 is 0 Å². The first-order valence-corrected chi connectivity index (χ1v) is 5.76. The molecule has 2 rings (SSSR count). The fourth-order valence-electron chi connectivity index (χ4n) is 1.74. The molecule has 0 saturated heterocycles. The maximum Gasteiger partial charge on any atom is 0.181 e. The van der Waals surface area contributed by atoms with E-state index in [1.807, 2.05) is 25.1 Å². The predicted octanol–water partition coefficient (Wildman–Crippen LogP) is 2.11. The van der Waals surface area contributed by atoms with Crippen LogP contribution in [0.2, 0.25) is 0 Å². The molecule has 0 bridgehead atoms. The van der Waals surface area contributed by atoms with Crippen molar-refractivity contribution >= 4 is 5.78 Å². The first-order chi connectivity index (χ1) is 8.31. The number of pyridine rings is 1. The Bertz CT molecular complexity index is 490. The fraction of sp³-hybridized carbons (Fsp3) is 0.308. The molecule has 2 heterocycles. The Morgan fingerprint density at radius 3 is 2.88 bits per heavy atom. The number of hydrogen-bond donors (Lipinski definition) is 0. The third-order valence-corrected chi connectivity index (χ3v) is 2.64. The van der Waals surface area contributed by atoms with Gasteiger partial charge in [-0.05, 0) is 31.5 Å². The topological polar surface area (TPSA) is 47.8 Å². The van der Waals surface area contributed by atoms with E-state index in [-0.39, 0.29) is 5.78 Å². The van der Waals surface area contributed by atoms with E-state index in [0.29, 0.717) is 18.5 Å². The van der Waals surface area contributed by atoms with Crippen LogP contribution in [0.5, 0.6) is 0 Å². The smallest absolute Gasteiger partial charge is 0.181 e. The minimum Gasteiger partial charge on any atom is -0.292 e. The number of rotatable bonds is 5. The molecule has 0 amide bonds. The molecule has 2 aromatic rings. The molecular formula is C13H15N3O. The standard InChI is InChI=1S/C13H15N3O/c1-2-16-12(8-10-15-16)13(17)7-6-11-5-3-4-9-14-11/h3-5,8-10H,2,6-7H2,1H3. The van der Waals surface area contributed by atoms with Crippen LogP contribution in [-0.2, 0) is 13.0 Å². The fourth-order valence-corrected chi connectivity index (χ4v) is 1.74. The van der Waals surface area contributed by atoms with E-state index in [4.69, 9.17) is 0 Å². The lowest BCUT2D eigenvalue weighted by molar-refractivity contribution is 0.0972. The minimum atomic E-state index is 0.120. The van der Waals surface area contributed by atoms with Gasteiger partial charge < -0.3 is 0 Å². The Morgan fingerprint density at radius 1 is 1.29 bits per heavy atom. The lowest BCUT2D eigenvalue weighted by Gasteiger charge is -2.03. The number of aryl methyl sites for hydroxylation is 2. The highest BCUT2D eigenvalue weighted by atomic mass is 16.1. The second-order valence-corrected chi connectivity index (χ2v) is 3.78. The Hall–Kier alpha value is -1.97. The van der Waals surface area contributed by atoms with E-state index < -0.39 is 0 Å². The first-order valence-electron chi connectivity index (χ1n) is 5.76. The minimum absolute atomic E-state index is 0.120. The molecule has 0 aliphatic carbocycles. The largest absolute Gasteiger partial charge is 0.292 e. The summed E-state index contributed by atoms with van der Waals surface area (Å²) in [5.41, 5.74) is 1.63. The summed E-state index contributed by atoms with van der Waals surface area (Å²) in [4.78, 5) is 16.2. The third-order valence-electron chi connectivity index (χ3n) is 2.64. The SMILES string of the molecule is CCn1nccc1C(=O)CCc1ccccn1. The molecular weight excluding hydrogens is 214 g/mol. The van der Waals surface area contributed by atoms with Crippen molar-refractivity contribution in [3.63, 3.8) is 0 Å². The average molecular weight is 229 g/mol. The number of carbonyl (C=O) groups is 1. The second-order valence-electron chi connectivity index (χ2n) is 3.78. The monoisotopic (exact) mass is 229 g/mol. The van der Waals surface area contributed by atoms with Crippen LogP contribution in [0.1, 0.15) is 29.5 Å². The van der Waals surface area contributed by atoms with Gasteiger partial charge >= 0.3 is 0 Å². The van der Waals surface area contributed by atoms with Crippen molar-refractivity contribution in [2.75, 3.05) is 0 Å². The predicted molar refractivity (Wildman–Crippen MR) is 64.8 cm³/mol. The molecule has 0 aliphatic heterocycles. The lowest BCUT2D eigenvalue weighted by atomic mass is 10.1. The van der Waals surface area contributed by atoms with Gasteiger partial charge in [-0.3, -0.25) is 14.5 Å². The molecule has 17 heavy (non-hydrogen) atoms.